The summed E-state index contributed by atoms with van der Waals surface area (Å²) in [6.07, 6.45) is 6.21. The molecule has 1 aromatic heterocycles. The van der Waals surface area contributed by atoms with Crippen LogP contribution in [0.2, 0.25) is 0 Å². The summed E-state index contributed by atoms with van der Waals surface area (Å²) >= 11 is 7.56. The lowest BCUT2D eigenvalue weighted by Crippen LogP contribution is -2.40. The van der Waals surface area contributed by atoms with Crippen LogP contribution in [0.25, 0.3) is 0 Å². The van der Waals surface area contributed by atoms with Crippen molar-refractivity contribution in [2.24, 2.45) is 0 Å². The first-order valence-corrected chi connectivity index (χ1v) is 9.74. The number of hydrogen-bond acceptors (Lipinski definition) is 2. The van der Waals surface area contributed by atoms with Gasteiger partial charge in [-0.2, -0.15) is 0 Å². The molecule has 2 nitrogen and oxygen atoms in total. The monoisotopic (exact) mass is 344 g/mol. The minimum absolute atomic E-state index is 0.576. The number of benzene rings is 1. The molecular formula is C19H24N2S2. The quantitative estimate of drug-likeness (QED) is 0.726. The van der Waals surface area contributed by atoms with Crippen molar-refractivity contribution in [3.05, 3.63) is 52.2 Å². The number of anilines is 1. The van der Waals surface area contributed by atoms with Gasteiger partial charge in [0.15, 0.2) is 5.11 Å². The number of thiophene rings is 1. The zero-order valence-corrected chi connectivity index (χ0v) is 15.3. The Labute approximate surface area is 148 Å². The van der Waals surface area contributed by atoms with Crippen LogP contribution in [0.4, 0.5) is 5.69 Å². The van der Waals surface area contributed by atoms with E-state index < -0.39 is 0 Å². The molecule has 1 fully saturated rings. The second-order valence-electron chi connectivity index (χ2n) is 6.13. The third kappa shape index (κ3) is 4.33. The zero-order valence-electron chi connectivity index (χ0n) is 13.6. The Morgan fingerprint density at radius 2 is 1.96 bits per heavy atom. The molecule has 0 saturated heterocycles. The Kier molecular flexibility index (Phi) is 5.68. The van der Waals surface area contributed by atoms with E-state index in [0.717, 1.165) is 23.8 Å². The molecule has 1 aliphatic rings. The standard InChI is InChI=1S/C19H24N2S2/c1-2-15-9-11-16(12-10-15)20-19(22)21(17-6-3-4-7-17)14-18-8-5-13-23-18/h5,8-13,17H,2-4,6-7,14H2,1H3,(H,20,22). The minimum atomic E-state index is 0.576. The van der Waals surface area contributed by atoms with Crippen molar-refractivity contribution in [3.8, 4) is 0 Å². The molecule has 1 saturated carbocycles. The summed E-state index contributed by atoms with van der Waals surface area (Å²) in [5.41, 5.74) is 2.44. The molecule has 1 N–H and O–H groups in total. The average Bonchev–Trinajstić information content (AvgIpc) is 3.27. The highest BCUT2D eigenvalue weighted by Crippen LogP contribution is 2.27. The fraction of sp³-hybridized carbons (Fsp3) is 0.421. The minimum Gasteiger partial charge on any atom is -0.341 e. The van der Waals surface area contributed by atoms with Crippen LogP contribution in [0, 0.1) is 0 Å². The first-order valence-electron chi connectivity index (χ1n) is 8.45. The van der Waals surface area contributed by atoms with E-state index in [4.69, 9.17) is 12.2 Å². The topological polar surface area (TPSA) is 15.3 Å². The molecule has 23 heavy (non-hydrogen) atoms. The number of nitrogens with one attached hydrogen (secondary N) is 1. The highest BCUT2D eigenvalue weighted by Gasteiger charge is 2.25. The van der Waals surface area contributed by atoms with Crippen molar-refractivity contribution in [2.75, 3.05) is 5.32 Å². The Bertz CT molecular complexity index is 613. The van der Waals surface area contributed by atoms with Crippen molar-refractivity contribution >= 4 is 34.4 Å². The molecule has 1 aromatic carbocycles. The summed E-state index contributed by atoms with van der Waals surface area (Å²) in [4.78, 5) is 3.77. The van der Waals surface area contributed by atoms with Crippen molar-refractivity contribution in [2.45, 2.75) is 51.6 Å². The van der Waals surface area contributed by atoms with Crippen LogP contribution in [0.1, 0.15) is 43.0 Å². The van der Waals surface area contributed by atoms with Gasteiger partial charge in [0, 0.05) is 16.6 Å². The van der Waals surface area contributed by atoms with E-state index in [9.17, 15) is 0 Å². The van der Waals surface area contributed by atoms with Gasteiger partial charge in [-0.3, -0.25) is 0 Å². The van der Waals surface area contributed by atoms with Gasteiger partial charge in [0.05, 0.1) is 6.54 Å². The van der Waals surface area contributed by atoms with Gasteiger partial charge in [-0.15, -0.1) is 11.3 Å². The smallest absolute Gasteiger partial charge is 0.174 e. The van der Waals surface area contributed by atoms with Crippen LogP contribution in [-0.2, 0) is 13.0 Å². The maximum atomic E-state index is 5.75. The molecule has 122 valence electrons. The summed E-state index contributed by atoms with van der Waals surface area (Å²) in [5, 5.41) is 6.44. The van der Waals surface area contributed by atoms with Crippen LogP contribution in [0.15, 0.2) is 41.8 Å². The van der Waals surface area contributed by atoms with Crippen LogP contribution in [-0.4, -0.2) is 16.1 Å². The van der Waals surface area contributed by atoms with E-state index in [1.807, 2.05) is 11.3 Å². The molecule has 3 rings (SSSR count). The fourth-order valence-corrected chi connectivity index (χ4v) is 4.21. The lowest BCUT2D eigenvalue weighted by molar-refractivity contribution is 0.314. The second-order valence-corrected chi connectivity index (χ2v) is 7.55. The van der Waals surface area contributed by atoms with Gasteiger partial charge in [-0.25, -0.2) is 0 Å². The first kappa shape index (κ1) is 16.5. The van der Waals surface area contributed by atoms with Gasteiger partial charge < -0.3 is 10.2 Å². The number of rotatable bonds is 5. The highest BCUT2D eigenvalue weighted by atomic mass is 32.1. The van der Waals surface area contributed by atoms with E-state index in [0.29, 0.717) is 6.04 Å². The maximum Gasteiger partial charge on any atom is 0.174 e. The third-order valence-electron chi connectivity index (χ3n) is 4.55. The summed E-state index contributed by atoms with van der Waals surface area (Å²) in [6.45, 7) is 3.09. The van der Waals surface area contributed by atoms with Gasteiger partial charge in [-0.05, 0) is 60.6 Å². The maximum absolute atomic E-state index is 5.75. The molecule has 0 unspecified atom stereocenters. The van der Waals surface area contributed by atoms with Crippen molar-refractivity contribution < 1.29 is 0 Å². The van der Waals surface area contributed by atoms with Crippen molar-refractivity contribution in [3.63, 3.8) is 0 Å². The van der Waals surface area contributed by atoms with Gasteiger partial charge in [-0.1, -0.05) is 38.0 Å². The number of thiocarbonyl (C=S) groups is 1. The molecule has 1 aliphatic carbocycles. The van der Waals surface area contributed by atoms with Crippen LogP contribution in [0.5, 0.6) is 0 Å². The molecule has 0 amide bonds. The molecule has 0 radical (unpaired) electrons. The molecular weight excluding hydrogens is 320 g/mol. The van der Waals surface area contributed by atoms with Crippen LogP contribution >= 0.6 is 23.6 Å². The Morgan fingerprint density at radius 1 is 1.22 bits per heavy atom. The van der Waals surface area contributed by atoms with E-state index >= 15 is 0 Å². The number of aryl methyl sites for hydroxylation is 1. The fourth-order valence-electron chi connectivity index (χ4n) is 3.17. The summed E-state index contributed by atoms with van der Waals surface area (Å²) in [5.74, 6) is 0. The third-order valence-corrected chi connectivity index (χ3v) is 5.74. The summed E-state index contributed by atoms with van der Waals surface area (Å²) in [7, 11) is 0. The SMILES string of the molecule is CCc1ccc(NC(=S)N(Cc2cccs2)C2CCCC2)cc1. The molecule has 0 aliphatic heterocycles. The second kappa shape index (κ2) is 7.93. The lowest BCUT2D eigenvalue weighted by Gasteiger charge is -2.31. The number of hydrogen-bond donors (Lipinski definition) is 1. The van der Waals surface area contributed by atoms with E-state index in [1.165, 1.54) is 36.1 Å². The largest absolute Gasteiger partial charge is 0.341 e. The van der Waals surface area contributed by atoms with E-state index in [2.05, 4.69) is 58.9 Å². The lowest BCUT2D eigenvalue weighted by atomic mass is 10.1. The van der Waals surface area contributed by atoms with E-state index in [1.54, 1.807) is 0 Å². The van der Waals surface area contributed by atoms with Crippen molar-refractivity contribution in [1.29, 1.82) is 0 Å². The summed E-state index contributed by atoms with van der Waals surface area (Å²) in [6, 6.07) is 13.5. The van der Waals surface area contributed by atoms with Crippen LogP contribution in [0.3, 0.4) is 0 Å². The van der Waals surface area contributed by atoms with Gasteiger partial charge in [0.1, 0.15) is 0 Å². The molecule has 4 heteroatoms. The Hall–Kier alpha value is -1.39. The highest BCUT2D eigenvalue weighted by molar-refractivity contribution is 7.80. The molecule has 0 spiro atoms. The van der Waals surface area contributed by atoms with E-state index in [-0.39, 0.29) is 0 Å². The molecule has 2 aromatic rings. The average molecular weight is 345 g/mol. The van der Waals surface area contributed by atoms with Crippen molar-refractivity contribution in [1.82, 2.24) is 4.90 Å². The van der Waals surface area contributed by atoms with Gasteiger partial charge in [0.25, 0.3) is 0 Å². The molecule has 0 bridgehead atoms. The Balaban J connectivity index is 1.70. The normalized spacial score (nSPS) is 14.8. The predicted molar refractivity (Wildman–Crippen MR) is 104 cm³/mol. The first-order chi connectivity index (χ1) is 11.3. The van der Waals surface area contributed by atoms with Gasteiger partial charge in [0.2, 0.25) is 0 Å². The van der Waals surface area contributed by atoms with Gasteiger partial charge >= 0.3 is 0 Å². The predicted octanol–water partition coefficient (Wildman–Crippen LogP) is 5.45. The summed E-state index contributed by atoms with van der Waals surface area (Å²) < 4.78 is 0. The van der Waals surface area contributed by atoms with Crippen LogP contribution < -0.4 is 5.32 Å². The zero-order chi connectivity index (χ0) is 16.1. The number of nitrogens with zero attached hydrogens (tertiary/aromatic N) is 1. The Morgan fingerprint density at radius 3 is 2.57 bits per heavy atom. The molecule has 0 atom stereocenters. The molecule has 1 heterocycles.